The van der Waals surface area contributed by atoms with Crippen molar-refractivity contribution in [2.45, 2.75) is 51.8 Å². The lowest BCUT2D eigenvalue weighted by atomic mass is 10.1. The highest BCUT2D eigenvalue weighted by molar-refractivity contribution is 5.72. The number of rotatable bonds is 10. The van der Waals surface area contributed by atoms with E-state index < -0.39 is 5.85 Å². The van der Waals surface area contributed by atoms with Crippen LogP contribution in [0, 0.1) is 0 Å². The first-order chi connectivity index (χ1) is 11.3. The van der Waals surface area contributed by atoms with Crippen LogP contribution >= 0.6 is 0 Å². The zero-order valence-electron chi connectivity index (χ0n) is 14.3. The molecular weight excluding hydrogens is 288 g/mol. The molecule has 1 aliphatic heterocycles. The van der Waals surface area contributed by atoms with E-state index in [2.05, 4.69) is 24.2 Å². The number of benzene rings is 1. The number of ether oxygens (including phenoxy) is 2. The molecule has 0 amide bonds. The zero-order valence-corrected chi connectivity index (χ0v) is 14.3. The van der Waals surface area contributed by atoms with Crippen LogP contribution in [-0.4, -0.2) is 19.4 Å². The highest BCUT2D eigenvalue weighted by atomic mass is 16.5. The monoisotopic (exact) mass is 316 g/mol. The second-order valence-electron chi connectivity index (χ2n) is 5.71. The Bertz CT molecular complexity index is 511. The molecule has 0 aromatic heterocycles. The summed E-state index contributed by atoms with van der Waals surface area (Å²) in [6.45, 7) is 5.78. The van der Waals surface area contributed by atoms with Gasteiger partial charge in [0.05, 0.1) is 13.2 Å². The highest BCUT2D eigenvalue weighted by Crippen LogP contribution is 2.28. The minimum absolute atomic E-state index is 0.671. The molecule has 0 fully saturated rings. The van der Waals surface area contributed by atoms with Gasteiger partial charge in [-0.15, -0.1) is 0 Å². The van der Waals surface area contributed by atoms with E-state index in [-0.39, 0.29) is 0 Å². The Morgan fingerprint density at radius 2 is 1.78 bits per heavy atom. The summed E-state index contributed by atoms with van der Waals surface area (Å²) in [5, 5.41) is 3.25. The predicted octanol–water partition coefficient (Wildman–Crippen LogP) is 4.37. The number of hydrogen-bond donors (Lipinski definition) is 1. The quantitative estimate of drug-likeness (QED) is 0.652. The van der Waals surface area contributed by atoms with Gasteiger partial charge in [0.15, 0.2) is 0 Å². The number of aliphatic imine (C=N–C) groups is 1. The molecule has 0 aliphatic carbocycles. The lowest BCUT2D eigenvalue weighted by Gasteiger charge is -2.32. The van der Waals surface area contributed by atoms with Crippen molar-refractivity contribution < 1.29 is 9.47 Å². The van der Waals surface area contributed by atoms with Crippen LogP contribution in [0.1, 0.15) is 51.5 Å². The maximum atomic E-state index is 6.05. The summed E-state index contributed by atoms with van der Waals surface area (Å²) in [6.07, 6.45) is 11.1. The van der Waals surface area contributed by atoms with Gasteiger partial charge in [0.25, 0.3) is 5.85 Å². The summed E-state index contributed by atoms with van der Waals surface area (Å²) >= 11 is 0. The van der Waals surface area contributed by atoms with Gasteiger partial charge in [-0.1, -0.05) is 33.1 Å². The first-order valence-electron chi connectivity index (χ1n) is 8.66. The molecule has 1 N–H and O–H groups in total. The van der Waals surface area contributed by atoms with E-state index in [1.807, 2.05) is 36.5 Å². The first-order valence-corrected chi connectivity index (χ1v) is 8.66. The number of nitrogens with one attached hydrogen (secondary N) is 1. The summed E-state index contributed by atoms with van der Waals surface area (Å²) in [6, 6.07) is 8.01. The third-order valence-electron chi connectivity index (χ3n) is 3.79. The summed E-state index contributed by atoms with van der Waals surface area (Å²) in [4.78, 5) is 4.53. The van der Waals surface area contributed by atoms with Crippen molar-refractivity contribution in [3.63, 3.8) is 0 Å². The molecule has 0 radical (unpaired) electrons. The van der Waals surface area contributed by atoms with Crippen LogP contribution in [-0.2, 0) is 10.6 Å². The Morgan fingerprint density at radius 3 is 2.43 bits per heavy atom. The molecule has 23 heavy (non-hydrogen) atoms. The molecule has 1 atom stereocenters. The van der Waals surface area contributed by atoms with Crippen LogP contribution in [0.5, 0.6) is 5.75 Å². The molecule has 4 nitrogen and oxygen atoms in total. The minimum atomic E-state index is -0.815. The molecule has 0 saturated heterocycles. The van der Waals surface area contributed by atoms with Gasteiger partial charge in [0.2, 0.25) is 0 Å². The fraction of sp³-hybridized carbons (Fsp3) is 0.526. The van der Waals surface area contributed by atoms with Gasteiger partial charge in [0.1, 0.15) is 5.75 Å². The molecular formula is C19H28N2O2. The number of unbranched alkanes of at least 4 members (excludes halogenated alkanes) is 3. The van der Waals surface area contributed by atoms with Gasteiger partial charge in [-0.05, 0) is 43.2 Å². The molecule has 0 spiro atoms. The third kappa shape index (κ3) is 5.10. The maximum absolute atomic E-state index is 6.05. The Morgan fingerprint density at radius 1 is 1.00 bits per heavy atom. The van der Waals surface area contributed by atoms with Gasteiger partial charge in [0, 0.05) is 18.0 Å². The van der Waals surface area contributed by atoms with E-state index in [9.17, 15) is 0 Å². The molecule has 0 bridgehead atoms. The van der Waals surface area contributed by atoms with Crippen LogP contribution in [0.15, 0.2) is 41.5 Å². The predicted molar refractivity (Wildman–Crippen MR) is 94.8 cm³/mol. The molecule has 1 heterocycles. The topological polar surface area (TPSA) is 42.9 Å². The smallest absolute Gasteiger partial charge is 0.264 e. The average molecular weight is 316 g/mol. The van der Waals surface area contributed by atoms with Crippen LogP contribution in [0.25, 0.3) is 0 Å². The van der Waals surface area contributed by atoms with Crippen molar-refractivity contribution in [1.82, 2.24) is 5.32 Å². The van der Waals surface area contributed by atoms with Crippen molar-refractivity contribution in [3.05, 3.63) is 42.1 Å². The van der Waals surface area contributed by atoms with Crippen LogP contribution in [0.4, 0.5) is 0 Å². The van der Waals surface area contributed by atoms with Gasteiger partial charge >= 0.3 is 0 Å². The van der Waals surface area contributed by atoms with E-state index >= 15 is 0 Å². The number of hydrogen-bond acceptors (Lipinski definition) is 4. The molecule has 4 heteroatoms. The van der Waals surface area contributed by atoms with E-state index in [0.717, 1.165) is 37.2 Å². The van der Waals surface area contributed by atoms with E-state index in [1.165, 1.54) is 12.8 Å². The van der Waals surface area contributed by atoms with Gasteiger partial charge in [-0.3, -0.25) is 0 Å². The summed E-state index contributed by atoms with van der Waals surface area (Å²) in [5.74, 6) is 0.0777. The largest absolute Gasteiger partial charge is 0.494 e. The van der Waals surface area contributed by atoms with Crippen molar-refractivity contribution >= 4 is 6.21 Å². The van der Waals surface area contributed by atoms with Crippen LogP contribution < -0.4 is 10.1 Å². The van der Waals surface area contributed by atoms with Gasteiger partial charge in [-0.25, -0.2) is 4.99 Å². The van der Waals surface area contributed by atoms with Crippen LogP contribution in [0.3, 0.4) is 0 Å². The fourth-order valence-corrected chi connectivity index (χ4v) is 2.39. The second kappa shape index (κ2) is 9.36. The standard InChI is InChI=1S/C19H28N2O2/c1-3-5-7-15-22-18-11-9-17(10-12-18)19(23-16-6-4-2)20-13-8-14-21-19/h8-14,20H,3-7,15-16H2,1-2H3. The van der Waals surface area contributed by atoms with Gasteiger partial charge < -0.3 is 14.8 Å². The van der Waals surface area contributed by atoms with E-state index in [0.29, 0.717) is 6.61 Å². The average Bonchev–Trinajstić information content (AvgIpc) is 2.60. The zero-order chi connectivity index (χ0) is 16.4. The number of nitrogens with zero attached hydrogens (tertiary/aromatic N) is 1. The van der Waals surface area contributed by atoms with E-state index in [4.69, 9.17) is 9.47 Å². The SMILES string of the molecule is CCCCCOc1ccc(C2(OCCCC)N=CC=CN2)cc1. The lowest BCUT2D eigenvalue weighted by molar-refractivity contribution is -0.0624. The lowest BCUT2D eigenvalue weighted by Crippen LogP contribution is -2.42. The molecule has 2 rings (SSSR count). The Labute approximate surface area is 139 Å². The van der Waals surface area contributed by atoms with Crippen molar-refractivity contribution in [2.75, 3.05) is 13.2 Å². The fourth-order valence-electron chi connectivity index (χ4n) is 2.39. The molecule has 1 aliphatic rings. The summed E-state index contributed by atoms with van der Waals surface area (Å²) < 4.78 is 11.8. The molecule has 1 aromatic carbocycles. The Hall–Kier alpha value is -1.81. The first kappa shape index (κ1) is 17.5. The third-order valence-corrected chi connectivity index (χ3v) is 3.79. The van der Waals surface area contributed by atoms with Crippen LogP contribution in [0.2, 0.25) is 0 Å². The van der Waals surface area contributed by atoms with Gasteiger partial charge in [-0.2, -0.15) is 0 Å². The Balaban J connectivity index is 2.01. The summed E-state index contributed by atoms with van der Waals surface area (Å²) in [5.41, 5.74) is 0.982. The highest BCUT2D eigenvalue weighted by Gasteiger charge is 2.32. The second-order valence-corrected chi connectivity index (χ2v) is 5.71. The molecule has 1 unspecified atom stereocenters. The summed E-state index contributed by atoms with van der Waals surface area (Å²) in [7, 11) is 0. The maximum Gasteiger partial charge on any atom is 0.264 e. The van der Waals surface area contributed by atoms with Crippen molar-refractivity contribution in [3.8, 4) is 5.75 Å². The molecule has 1 aromatic rings. The molecule has 0 saturated carbocycles. The Kier molecular flexibility index (Phi) is 7.14. The minimum Gasteiger partial charge on any atom is -0.494 e. The normalized spacial score (nSPS) is 19.6. The van der Waals surface area contributed by atoms with Crippen molar-refractivity contribution in [2.24, 2.45) is 4.99 Å². The number of allylic oxidation sites excluding steroid dienone is 1. The van der Waals surface area contributed by atoms with Crippen molar-refractivity contribution in [1.29, 1.82) is 0 Å². The molecule has 126 valence electrons. The van der Waals surface area contributed by atoms with E-state index in [1.54, 1.807) is 6.21 Å².